The van der Waals surface area contributed by atoms with Gasteiger partial charge in [0.2, 0.25) is 0 Å². The van der Waals surface area contributed by atoms with E-state index < -0.39 is 0 Å². The number of halogens is 1. The number of anilines is 1. The molecule has 0 aromatic heterocycles. The molecule has 1 atom stereocenters. The maximum absolute atomic E-state index is 5.59. The third-order valence-corrected chi connectivity index (χ3v) is 3.49. The van der Waals surface area contributed by atoms with Crippen LogP contribution in [-0.4, -0.2) is 19.3 Å². The summed E-state index contributed by atoms with van der Waals surface area (Å²) in [6.07, 6.45) is 4.03. The molecule has 0 amide bonds. The number of aryl methyl sites for hydroxylation is 1. The van der Waals surface area contributed by atoms with Crippen LogP contribution in [0.4, 0.5) is 5.69 Å². The van der Waals surface area contributed by atoms with Gasteiger partial charge >= 0.3 is 0 Å². The van der Waals surface area contributed by atoms with Gasteiger partial charge in [0.05, 0.1) is 6.10 Å². The Morgan fingerprint density at radius 3 is 3.06 bits per heavy atom. The molecule has 1 saturated heterocycles. The van der Waals surface area contributed by atoms with Gasteiger partial charge in [0, 0.05) is 23.3 Å². The SMILES string of the molecule is Cc1cc(Br)ccc1NCCC1CCCO1. The smallest absolute Gasteiger partial charge is 0.0592 e. The van der Waals surface area contributed by atoms with E-state index in [0.29, 0.717) is 6.10 Å². The maximum atomic E-state index is 5.59. The average molecular weight is 284 g/mol. The largest absolute Gasteiger partial charge is 0.385 e. The van der Waals surface area contributed by atoms with Crippen LogP contribution in [-0.2, 0) is 4.74 Å². The first-order valence-corrected chi connectivity index (χ1v) is 6.66. The molecule has 1 aliphatic rings. The molecule has 0 aliphatic carbocycles. The Morgan fingerprint density at radius 1 is 1.50 bits per heavy atom. The van der Waals surface area contributed by atoms with E-state index in [1.54, 1.807) is 0 Å². The second kappa shape index (κ2) is 5.69. The van der Waals surface area contributed by atoms with Crippen LogP contribution in [0.3, 0.4) is 0 Å². The van der Waals surface area contributed by atoms with Crippen molar-refractivity contribution in [1.82, 2.24) is 0 Å². The molecule has 16 heavy (non-hydrogen) atoms. The molecule has 1 aromatic rings. The summed E-state index contributed by atoms with van der Waals surface area (Å²) in [6, 6.07) is 6.32. The third kappa shape index (κ3) is 3.22. The van der Waals surface area contributed by atoms with Crippen LogP contribution in [0.1, 0.15) is 24.8 Å². The lowest BCUT2D eigenvalue weighted by molar-refractivity contribution is 0.107. The number of hydrogen-bond donors (Lipinski definition) is 1. The van der Waals surface area contributed by atoms with Gasteiger partial charge in [-0.25, -0.2) is 0 Å². The van der Waals surface area contributed by atoms with Crippen LogP contribution in [0.5, 0.6) is 0 Å². The predicted molar refractivity (Wildman–Crippen MR) is 71.0 cm³/mol. The summed E-state index contributed by atoms with van der Waals surface area (Å²) in [7, 11) is 0. The number of rotatable bonds is 4. The van der Waals surface area contributed by atoms with Crippen molar-refractivity contribution in [3.63, 3.8) is 0 Å². The Labute approximate surface area is 106 Å². The molecule has 1 heterocycles. The predicted octanol–water partition coefficient (Wildman–Crippen LogP) is 3.74. The van der Waals surface area contributed by atoms with E-state index in [-0.39, 0.29) is 0 Å². The second-order valence-electron chi connectivity index (χ2n) is 4.31. The van der Waals surface area contributed by atoms with Crippen molar-refractivity contribution in [2.75, 3.05) is 18.5 Å². The number of ether oxygens (including phenoxy) is 1. The van der Waals surface area contributed by atoms with E-state index >= 15 is 0 Å². The number of nitrogens with one attached hydrogen (secondary N) is 1. The minimum Gasteiger partial charge on any atom is -0.385 e. The van der Waals surface area contributed by atoms with Gasteiger partial charge < -0.3 is 10.1 Å². The molecule has 0 bridgehead atoms. The quantitative estimate of drug-likeness (QED) is 0.909. The van der Waals surface area contributed by atoms with Crippen LogP contribution in [0, 0.1) is 6.92 Å². The van der Waals surface area contributed by atoms with Gasteiger partial charge in [-0.05, 0) is 49.9 Å². The van der Waals surface area contributed by atoms with E-state index in [1.807, 2.05) is 0 Å². The fraction of sp³-hybridized carbons (Fsp3) is 0.538. The summed E-state index contributed by atoms with van der Waals surface area (Å²) in [4.78, 5) is 0. The Balaban J connectivity index is 1.80. The fourth-order valence-electron chi connectivity index (χ4n) is 2.07. The molecular weight excluding hydrogens is 266 g/mol. The molecule has 88 valence electrons. The zero-order valence-corrected chi connectivity index (χ0v) is 11.2. The average Bonchev–Trinajstić information content (AvgIpc) is 2.74. The summed E-state index contributed by atoms with van der Waals surface area (Å²) in [6.45, 7) is 4.06. The van der Waals surface area contributed by atoms with Crippen molar-refractivity contribution >= 4 is 21.6 Å². The van der Waals surface area contributed by atoms with Crippen molar-refractivity contribution in [2.45, 2.75) is 32.3 Å². The van der Waals surface area contributed by atoms with Crippen molar-refractivity contribution in [2.24, 2.45) is 0 Å². The first kappa shape index (κ1) is 11.9. The van der Waals surface area contributed by atoms with Gasteiger partial charge in [0.15, 0.2) is 0 Å². The molecule has 1 unspecified atom stereocenters. The van der Waals surface area contributed by atoms with Gasteiger partial charge in [-0.15, -0.1) is 0 Å². The summed E-state index contributed by atoms with van der Waals surface area (Å²) in [5, 5.41) is 3.47. The normalized spacial score (nSPS) is 20.0. The van der Waals surface area contributed by atoms with Crippen LogP contribution in [0.15, 0.2) is 22.7 Å². The summed E-state index contributed by atoms with van der Waals surface area (Å²) < 4.78 is 6.73. The van der Waals surface area contributed by atoms with E-state index in [1.165, 1.54) is 24.1 Å². The molecule has 1 aliphatic heterocycles. The Bertz CT molecular complexity index is 348. The molecular formula is C13H18BrNO. The van der Waals surface area contributed by atoms with Crippen molar-refractivity contribution < 1.29 is 4.74 Å². The van der Waals surface area contributed by atoms with E-state index in [4.69, 9.17) is 4.74 Å². The minimum atomic E-state index is 0.475. The van der Waals surface area contributed by atoms with Gasteiger partial charge in [-0.3, -0.25) is 0 Å². The Kier molecular flexibility index (Phi) is 4.24. The number of benzene rings is 1. The van der Waals surface area contributed by atoms with Crippen molar-refractivity contribution in [3.05, 3.63) is 28.2 Å². The standard InChI is InChI=1S/C13H18BrNO/c1-10-9-11(14)4-5-13(10)15-7-6-12-3-2-8-16-12/h4-5,9,12,15H,2-3,6-8H2,1H3. The van der Waals surface area contributed by atoms with Gasteiger partial charge in [-0.1, -0.05) is 15.9 Å². The van der Waals surface area contributed by atoms with E-state index in [0.717, 1.165) is 24.0 Å². The molecule has 1 N–H and O–H groups in total. The second-order valence-corrected chi connectivity index (χ2v) is 5.23. The zero-order valence-electron chi connectivity index (χ0n) is 9.63. The molecule has 1 aromatic carbocycles. The molecule has 3 heteroatoms. The topological polar surface area (TPSA) is 21.3 Å². The maximum Gasteiger partial charge on any atom is 0.0592 e. The lowest BCUT2D eigenvalue weighted by atomic mass is 10.1. The van der Waals surface area contributed by atoms with Crippen molar-refractivity contribution in [3.8, 4) is 0 Å². The fourth-order valence-corrected chi connectivity index (χ4v) is 2.54. The monoisotopic (exact) mass is 283 g/mol. The highest BCUT2D eigenvalue weighted by Gasteiger charge is 2.14. The Morgan fingerprint density at radius 2 is 2.38 bits per heavy atom. The van der Waals surface area contributed by atoms with Crippen LogP contribution < -0.4 is 5.32 Å². The third-order valence-electron chi connectivity index (χ3n) is 2.99. The highest BCUT2D eigenvalue weighted by Crippen LogP contribution is 2.21. The van der Waals surface area contributed by atoms with Crippen LogP contribution >= 0.6 is 15.9 Å². The van der Waals surface area contributed by atoms with Gasteiger partial charge in [0.25, 0.3) is 0 Å². The highest BCUT2D eigenvalue weighted by atomic mass is 79.9. The van der Waals surface area contributed by atoms with Crippen molar-refractivity contribution in [1.29, 1.82) is 0 Å². The number of hydrogen-bond acceptors (Lipinski definition) is 2. The molecule has 0 radical (unpaired) electrons. The van der Waals surface area contributed by atoms with Gasteiger partial charge in [-0.2, -0.15) is 0 Å². The molecule has 0 spiro atoms. The van der Waals surface area contributed by atoms with E-state index in [9.17, 15) is 0 Å². The lowest BCUT2D eigenvalue weighted by Crippen LogP contribution is -2.12. The molecule has 2 rings (SSSR count). The summed E-state index contributed by atoms with van der Waals surface area (Å²) >= 11 is 3.47. The highest BCUT2D eigenvalue weighted by molar-refractivity contribution is 9.10. The Hall–Kier alpha value is -0.540. The first-order chi connectivity index (χ1) is 7.75. The first-order valence-electron chi connectivity index (χ1n) is 5.87. The molecule has 1 fully saturated rings. The minimum absolute atomic E-state index is 0.475. The molecule has 2 nitrogen and oxygen atoms in total. The van der Waals surface area contributed by atoms with Gasteiger partial charge in [0.1, 0.15) is 0 Å². The lowest BCUT2D eigenvalue weighted by Gasteiger charge is -2.12. The van der Waals surface area contributed by atoms with E-state index in [2.05, 4.69) is 46.4 Å². The summed E-state index contributed by atoms with van der Waals surface area (Å²) in [5.74, 6) is 0. The van der Waals surface area contributed by atoms with Crippen LogP contribution in [0.25, 0.3) is 0 Å². The summed E-state index contributed by atoms with van der Waals surface area (Å²) in [5.41, 5.74) is 2.50. The molecule has 0 saturated carbocycles. The van der Waals surface area contributed by atoms with Crippen LogP contribution in [0.2, 0.25) is 0 Å². The zero-order chi connectivity index (χ0) is 11.4.